The molecule has 1 aliphatic rings. The van der Waals surface area contributed by atoms with Crippen molar-refractivity contribution in [3.8, 4) is 0 Å². The first-order valence-corrected chi connectivity index (χ1v) is 5.65. The molecule has 1 aliphatic carbocycles. The number of nitrogens with one attached hydrogen (secondary N) is 1. The Morgan fingerprint density at radius 2 is 2.20 bits per heavy atom. The summed E-state index contributed by atoms with van der Waals surface area (Å²) < 4.78 is 5.48. The number of carbonyl (C=O) groups is 1. The zero-order valence-corrected chi connectivity index (χ0v) is 9.71. The van der Waals surface area contributed by atoms with Crippen LogP contribution in [0.2, 0.25) is 0 Å². The normalized spacial score (nSPS) is 19.9. The van der Waals surface area contributed by atoms with E-state index in [1.807, 2.05) is 0 Å². The molecule has 0 aromatic carbocycles. The second-order valence-electron chi connectivity index (χ2n) is 4.54. The Morgan fingerprint density at radius 3 is 2.67 bits per heavy atom. The maximum absolute atomic E-state index is 11.1. The number of amides is 1. The molecular formula is C11H22N2O2. The van der Waals surface area contributed by atoms with Gasteiger partial charge in [-0.1, -0.05) is 12.8 Å². The number of carbonyl (C=O) groups excluding carboxylic acids is 1. The van der Waals surface area contributed by atoms with Crippen LogP contribution in [0.3, 0.4) is 0 Å². The van der Waals surface area contributed by atoms with Gasteiger partial charge >= 0.3 is 0 Å². The average molecular weight is 214 g/mol. The van der Waals surface area contributed by atoms with Crippen LogP contribution < -0.4 is 11.1 Å². The lowest BCUT2D eigenvalue weighted by atomic mass is 9.98. The molecule has 15 heavy (non-hydrogen) atoms. The van der Waals surface area contributed by atoms with Gasteiger partial charge in [-0.25, -0.2) is 0 Å². The van der Waals surface area contributed by atoms with E-state index in [1.165, 1.54) is 12.8 Å². The minimum absolute atomic E-state index is 0.323. The van der Waals surface area contributed by atoms with Crippen LogP contribution in [0.15, 0.2) is 0 Å². The van der Waals surface area contributed by atoms with Gasteiger partial charge in [0.05, 0.1) is 5.54 Å². The minimum atomic E-state index is -0.639. The third kappa shape index (κ3) is 4.18. The topological polar surface area (TPSA) is 64.3 Å². The van der Waals surface area contributed by atoms with Gasteiger partial charge < -0.3 is 15.8 Å². The van der Waals surface area contributed by atoms with Crippen molar-refractivity contribution < 1.29 is 9.53 Å². The minimum Gasteiger partial charge on any atom is -0.381 e. The fourth-order valence-corrected chi connectivity index (χ4v) is 1.41. The Bertz CT molecular complexity index is 217. The maximum Gasteiger partial charge on any atom is 0.237 e. The Kier molecular flexibility index (Phi) is 4.54. The summed E-state index contributed by atoms with van der Waals surface area (Å²) in [5.41, 5.74) is 4.66. The van der Waals surface area contributed by atoms with Crippen molar-refractivity contribution in [2.75, 3.05) is 20.3 Å². The van der Waals surface area contributed by atoms with Crippen molar-refractivity contribution in [3.63, 3.8) is 0 Å². The predicted octanol–water partition coefficient (Wildman–Crippen LogP) is 0.657. The van der Waals surface area contributed by atoms with E-state index in [0.29, 0.717) is 13.0 Å². The van der Waals surface area contributed by atoms with Gasteiger partial charge in [0.1, 0.15) is 0 Å². The van der Waals surface area contributed by atoms with Crippen LogP contribution in [0.5, 0.6) is 0 Å². The number of rotatable bonds is 8. The highest BCUT2D eigenvalue weighted by Crippen LogP contribution is 2.32. The van der Waals surface area contributed by atoms with Crippen LogP contribution >= 0.6 is 0 Å². The zero-order valence-electron chi connectivity index (χ0n) is 9.71. The highest BCUT2D eigenvalue weighted by molar-refractivity contribution is 5.84. The lowest BCUT2D eigenvalue weighted by molar-refractivity contribution is -0.124. The molecule has 1 atom stereocenters. The largest absolute Gasteiger partial charge is 0.381 e. The molecule has 1 unspecified atom stereocenters. The van der Waals surface area contributed by atoms with Crippen LogP contribution in [-0.4, -0.2) is 31.7 Å². The van der Waals surface area contributed by atoms with Crippen molar-refractivity contribution >= 4 is 5.91 Å². The van der Waals surface area contributed by atoms with Crippen LogP contribution in [0, 0.1) is 5.92 Å². The molecule has 1 saturated carbocycles. The summed E-state index contributed by atoms with van der Waals surface area (Å²) in [6.45, 7) is 3.20. The quantitative estimate of drug-likeness (QED) is 0.583. The second kappa shape index (κ2) is 5.47. The number of hydrogen-bond donors (Lipinski definition) is 2. The van der Waals surface area contributed by atoms with Crippen molar-refractivity contribution in [3.05, 3.63) is 0 Å². The fraction of sp³-hybridized carbons (Fsp3) is 0.909. The maximum atomic E-state index is 11.1. The summed E-state index contributed by atoms with van der Waals surface area (Å²) in [6, 6.07) is 0. The molecule has 1 amide bonds. The number of primary amides is 1. The number of ether oxygens (including phenoxy) is 1. The Hall–Kier alpha value is -0.610. The number of likely N-dealkylation sites (N-methyl/N-ethyl adjacent to an activating group) is 1. The molecule has 0 heterocycles. The van der Waals surface area contributed by atoms with Gasteiger partial charge in [0, 0.05) is 13.2 Å². The SMILES string of the molecule is CNC(C)(CCOCCC1CC1)C(N)=O. The van der Waals surface area contributed by atoms with Crippen LogP contribution in [0.4, 0.5) is 0 Å². The van der Waals surface area contributed by atoms with Crippen LogP contribution in [-0.2, 0) is 9.53 Å². The van der Waals surface area contributed by atoms with E-state index in [4.69, 9.17) is 10.5 Å². The first kappa shape index (κ1) is 12.5. The lowest BCUT2D eigenvalue weighted by Gasteiger charge is -2.25. The second-order valence-corrected chi connectivity index (χ2v) is 4.54. The molecule has 0 saturated heterocycles. The van der Waals surface area contributed by atoms with Gasteiger partial charge in [-0.3, -0.25) is 4.79 Å². The van der Waals surface area contributed by atoms with E-state index < -0.39 is 5.54 Å². The lowest BCUT2D eigenvalue weighted by Crippen LogP contribution is -2.52. The highest BCUT2D eigenvalue weighted by Gasteiger charge is 2.28. The van der Waals surface area contributed by atoms with Crippen molar-refractivity contribution in [2.24, 2.45) is 11.7 Å². The standard InChI is InChI=1S/C11H22N2O2/c1-11(13-2,10(12)14)6-8-15-7-5-9-3-4-9/h9,13H,3-8H2,1-2H3,(H2,12,14). The van der Waals surface area contributed by atoms with Crippen LogP contribution in [0.25, 0.3) is 0 Å². The monoisotopic (exact) mass is 214 g/mol. The zero-order chi connectivity index (χ0) is 11.3. The van der Waals surface area contributed by atoms with Gasteiger partial charge in [-0.05, 0) is 32.7 Å². The molecule has 1 rings (SSSR count). The fourth-order valence-electron chi connectivity index (χ4n) is 1.41. The summed E-state index contributed by atoms with van der Waals surface area (Å²) in [6.07, 6.45) is 4.51. The molecule has 0 spiro atoms. The van der Waals surface area contributed by atoms with E-state index in [0.717, 1.165) is 18.9 Å². The van der Waals surface area contributed by atoms with E-state index in [2.05, 4.69) is 5.32 Å². The van der Waals surface area contributed by atoms with E-state index in [9.17, 15) is 4.79 Å². The van der Waals surface area contributed by atoms with Crippen LogP contribution in [0.1, 0.15) is 32.6 Å². The molecule has 0 aromatic rings. The molecule has 1 fully saturated rings. The molecule has 3 N–H and O–H groups in total. The molecule has 0 bridgehead atoms. The van der Waals surface area contributed by atoms with Gasteiger partial charge in [0.15, 0.2) is 0 Å². The molecule has 0 aliphatic heterocycles. The number of hydrogen-bond acceptors (Lipinski definition) is 3. The van der Waals surface area contributed by atoms with E-state index in [-0.39, 0.29) is 5.91 Å². The van der Waals surface area contributed by atoms with E-state index >= 15 is 0 Å². The predicted molar refractivity (Wildman–Crippen MR) is 59.4 cm³/mol. The van der Waals surface area contributed by atoms with Crippen molar-refractivity contribution in [1.29, 1.82) is 0 Å². The van der Waals surface area contributed by atoms with Crippen molar-refractivity contribution in [2.45, 2.75) is 38.1 Å². The third-order valence-corrected chi connectivity index (χ3v) is 3.21. The summed E-state index contributed by atoms with van der Waals surface area (Å²) in [7, 11) is 1.74. The molecule has 0 radical (unpaired) electrons. The molecular weight excluding hydrogens is 192 g/mol. The Labute approximate surface area is 91.5 Å². The first-order chi connectivity index (χ1) is 7.08. The molecule has 4 heteroatoms. The number of nitrogens with two attached hydrogens (primary N) is 1. The van der Waals surface area contributed by atoms with Gasteiger partial charge in [0.2, 0.25) is 5.91 Å². The van der Waals surface area contributed by atoms with Gasteiger partial charge in [0.25, 0.3) is 0 Å². The van der Waals surface area contributed by atoms with Crippen molar-refractivity contribution in [1.82, 2.24) is 5.32 Å². The average Bonchev–Trinajstić information content (AvgIpc) is 3.00. The summed E-state index contributed by atoms with van der Waals surface area (Å²) in [5.74, 6) is 0.576. The van der Waals surface area contributed by atoms with Gasteiger partial charge in [-0.15, -0.1) is 0 Å². The highest BCUT2D eigenvalue weighted by atomic mass is 16.5. The molecule has 4 nitrogen and oxygen atoms in total. The first-order valence-electron chi connectivity index (χ1n) is 5.65. The van der Waals surface area contributed by atoms with E-state index in [1.54, 1.807) is 14.0 Å². The summed E-state index contributed by atoms with van der Waals surface area (Å²) in [5, 5.41) is 2.94. The molecule has 0 aromatic heterocycles. The summed E-state index contributed by atoms with van der Waals surface area (Å²) in [4.78, 5) is 11.1. The van der Waals surface area contributed by atoms with Gasteiger partial charge in [-0.2, -0.15) is 0 Å². The Balaban J connectivity index is 2.07. The Morgan fingerprint density at radius 1 is 1.53 bits per heavy atom. The molecule has 88 valence electrons. The summed E-state index contributed by atoms with van der Waals surface area (Å²) >= 11 is 0. The smallest absolute Gasteiger partial charge is 0.237 e. The third-order valence-electron chi connectivity index (χ3n) is 3.21.